The molecule has 0 radical (unpaired) electrons. The molecule has 2 aromatic rings. The highest BCUT2D eigenvalue weighted by atomic mass is 14.9. The number of nitrogens with one attached hydrogen (secondary N) is 2. The topological polar surface area (TPSA) is 24.1 Å². The molecule has 2 N–H and O–H groups in total. The standard InChI is InChI=1S/C12H14N2/c1-13-10-7-3-5-9-6-4-8-11(14-2)12(9)10/h3-8,13-14H,1-2H3. The van der Waals surface area contributed by atoms with Crippen molar-refractivity contribution >= 4 is 22.1 Å². The number of rotatable bonds is 2. The molecular weight excluding hydrogens is 172 g/mol. The Balaban J connectivity index is 2.81. The van der Waals surface area contributed by atoms with Crippen LogP contribution in [0.3, 0.4) is 0 Å². The van der Waals surface area contributed by atoms with Gasteiger partial charge in [-0.3, -0.25) is 0 Å². The molecule has 2 rings (SSSR count). The van der Waals surface area contributed by atoms with Gasteiger partial charge in [0.25, 0.3) is 0 Å². The summed E-state index contributed by atoms with van der Waals surface area (Å²) in [5.74, 6) is 0. The zero-order valence-electron chi connectivity index (χ0n) is 8.46. The lowest BCUT2D eigenvalue weighted by Crippen LogP contribution is -1.94. The Kier molecular flexibility index (Phi) is 2.27. The van der Waals surface area contributed by atoms with Crippen molar-refractivity contribution in [1.29, 1.82) is 0 Å². The summed E-state index contributed by atoms with van der Waals surface area (Å²) in [4.78, 5) is 0. The second kappa shape index (κ2) is 3.58. The molecule has 0 heterocycles. The molecular formula is C12H14N2. The fourth-order valence-corrected chi connectivity index (χ4v) is 1.76. The number of fused-ring (bicyclic) bond motifs is 1. The largest absolute Gasteiger partial charge is 0.388 e. The monoisotopic (exact) mass is 186 g/mol. The Hall–Kier alpha value is -1.70. The molecule has 0 bridgehead atoms. The molecule has 0 saturated carbocycles. The third kappa shape index (κ3) is 1.29. The fraction of sp³-hybridized carbons (Fsp3) is 0.167. The minimum absolute atomic E-state index is 1.16. The molecule has 72 valence electrons. The van der Waals surface area contributed by atoms with Crippen LogP contribution in [0.4, 0.5) is 11.4 Å². The highest BCUT2D eigenvalue weighted by molar-refractivity contribution is 6.02. The molecule has 14 heavy (non-hydrogen) atoms. The van der Waals surface area contributed by atoms with Crippen LogP contribution in [0.2, 0.25) is 0 Å². The minimum atomic E-state index is 1.16. The molecule has 0 aliphatic carbocycles. The van der Waals surface area contributed by atoms with Crippen LogP contribution in [0.25, 0.3) is 10.8 Å². The lowest BCUT2D eigenvalue weighted by Gasteiger charge is -2.10. The van der Waals surface area contributed by atoms with Crippen LogP contribution >= 0.6 is 0 Å². The van der Waals surface area contributed by atoms with Crippen LogP contribution in [-0.4, -0.2) is 14.1 Å². The normalized spacial score (nSPS) is 10.1. The SMILES string of the molecule is CNc1cccc2cccc(NC)c12. The van der Waals surface area contributed by atoms with E-state index < -0.39 is 0 Å². The van der Waals surface area contributed by atoms with Gasteiger partial charge >= 0.3 is 0 Å². The maximum Gasteiger partial charge on any atom is 0.0438 e. The van der Waals surface area contributed by atoms with Crippen molar-refractivity contribution in [3.05, 3.63) is 36.4 Å². The summed E-state index contributed by atoms with van der Waals surface area (Å²) in [6.07, 6.45) is 0. The summed E-state index contributed by atoms with van der Waals surface area (Å²) in [5, 5.41) is 8.91. The molecule has 0 unspecified atom stereocenters. The van der Waals surface area contributed by atoms with Gasteiger partial charge in [0.15, 0.2) is 0 Å². The molecule has 0 aliphatic rings. The lowest BCUT2D eigenvalue weighted by molar-refractivity contribution is 1.51. The molecule has 0 atom stereocenters. The molecule has 0 aliphatic heterocycles. The lowest BCUT2D eigenvalue weighted by atomic mass is 10.1. The van der Waals surface area contributed by atoms with Crippen LogP contribution in [0.1, 0.15) is 0 Å². The Morgan fingerprint density at radius 1 is 0.786 bits per heavy atom. The van der Waals surface area contributed by atoms with Crippen molar-refractivity contribution in [3.8, 4) is 0 Å². The smallest absolute Gasteiger partial charge is 0.0438 e. The van der Waals surface area contributed by atoms with E-state index in [0.717, 1.165) is 11.4 Å². The Bertz CT molecular complexity index is 410. The predicted octanol–water partition coefficient (Wildman–Crippen LogP) is 2.92. The van der Waals surface area contributed by atoms with Gasteiger partial charge in [0.2, 0.25) is 0 Å². The van der Waals surface area contributed by atoms with Crippen molar-refractivity contribution in [1.82, 2.24) is 0 Å². The van der Waals surface area contributed by atoms with Crippen LogP contribution in [0, 0.1) is 0 Å². The van der Waals surface area contributed by atoms with Crippen molar-refractivity contribution in [3.63, 3.8) is 0 Å². The third-order valence-electron chi connectivity index (χ3n) is 2.44. The Morgan fingerprint density at radius 2 is 1.29 bits per heavy atom. The summed E-state index contributed by atoms with van der Waals surface area (Å²) >= 11 is 0. The number of hydrogen-bond acceptors (Lipinski definition) is 2. The van der Waals surface area contributed by atoms with Crippen LogP contribution in [0.5, 0.6) is 0 Å². The molecule has 0 fully saturated rings. The van der Waals surface area contributed by atoms with E-state index in [-0.39, 0.29) is 0 Å². The van der Waals surface area contributed by atoms with Gasteiger partial charge < -0.3 is 10.6 Å². The average Bonchev–Trinajstić information content (AvgIpc) is 2.27. The summed E-state index contributed by atoms with van der Waals surface area (Å²) in [6.45, 7) is 0. The first-order valence-corrected chi connectivity index (χ1v) is 4.74. The van der Waals surface area contributed by atoms with E-state index in [4.69, 9.17) is 0 Å². The molecule has 0 saturated heterocycles. The van der Waals surface area contributed by atoms with Crippen LogP contribution < -0.4 is 10.6 Å². The van der Waals surface area contributed by atoms with Crippen LogP contribution in [-0.2, 0) is 0 Å². The maximum atomic E-state index is 3.20. The van der Waals surface area contributed by atoms with Crippen molar-refractivity contribution in [2.75, 3.05) is 24.7 Å². The first kappa shape index (κ1) is 8.88. The first-order chi connectivity index (χ1) is 6.86. The highest BCUT2D eigenvalue weighted by Crippen LogP contribution is 2.29. The first-order valence-electron chi connectivity index (χ1n) is 4.74. The second-order valence-corrected chi connectivity index (χ2v) is 3.21. The fourth-order valence-electron chi connectivity index (χ4n) is 1.76. The van der Waals surface area contributed by atoms with Gasteiger partial charge in [0, 0.05) is 30.9 Å². The maximum absolute atomic E-state index is 3.20. The van der Waals surface area contributed by atoms with Crippen molar-refractivity contribution < 1.29 is 0 Å². The highest BCUT2D eigenvalue weighted by Gasteiger charge is 2.02. The summed E-state index contributed by atoms with van der Waals surface area (Å²) in [6, 6.07) is 12.5. The summed E-state index contributed by atoms with van der Waals surface area (Å²) in [5.41, 5.74) is 2.32. The summed E-state index contributed by atoms with van der Waals surface area (Å²) < 4.78 is 0. The second-order valence-electron chi connectivity index (χ2n) is 3.21. The van der Waals surface area contributed by atoms with Crippen LogP contribution in [0.15, 0.2) is 36.4 Å². The van der Waals surface area contributed by atoms with E-state index in [1.165, 1.54) is 10.8 Å². The predicted molar refractivity (Wildman–Crippen MR) is 63.0 cm³/mol. The molecule has 2 aromatic carbocycles. The number of benzene rings is 2. The zero-order chi connectivity index (χ0) is 9.97. The zero-order valence-corrected chi connectivity index (χ0v) is 8.46. The van der Waals surface area contributed by atoms with E-state index in [2.05, 4.69) is 47.0 Å². The van der Waals surface area contributed by atoms with Gasteiger partial charge in [-0.15, -0.1) is 0 Å². The number of hydrogen-bond donors (Lipinski definition) is 2. The van der Waals surface area contributed by atoms with E-state index in [1.54, 1.807) is 0 Å². The molecule has 2 nitrogen and oxygen atoms in total. The molecule has 2 heteroatoms. The van der Waals surface area contributed by atoms with E-state index in [9.17, 15) is 0 Å². The van der Waals surface area contributed by atoms with Crippen molar-refractivity contribution in [2.45, 2.75) is 0 Å². The molecule has 0 spiro atoms. The van der Waals surface area contributed by atoms with E-state index in [1.807, 2.05) is 14.1 Å². The molecule has 0 amide bonds. The van der Waals surface area contributed by atoms with Gasteiger partial charge in [0.05, 0.1) is 0 Å². The van der Waals surface area contributed by atoms with Gasteiger partial charge in [0.1, 0.15) is 0 Å². The average molecular weight is 186 g/mol. The summed E-state index contributed by atoms with van der Waals surface area (Å²) in [7, 11) is 3.89. The Morgan fingerprint density at radius 3 is 1.71 bits per heavy atom. The molecule has 0 aromatic heterocycles. The quantitative estimate of drug-likeness (QED) is 0.753. The third-order valence-corrected chi connectivity index (χ3v) is 2.44. The van der Waals surface area contributed by atoms with Gasteiger partial charge in [-0.05, 0) is 17.5 Å². The van der Waals surface area contributed by atoms with Gasteiger partial charge in [-0.25, -0.2) is 0 Å². The Labute approximate surface area is 83.9 Å². The van der Waals surface area contributed by atoms with E-state index >= 15 is 0 Å². The van der Waals surface area contributed by atoms with Crippen molar-refractivity contribution in [2.24, 2.45) is 0 Å². The minimum Gasteiger partial charge on any atom is -0.388 e. The van der Waals surface area contributed by atoms with Gasteiger partial charge in [-0.1, -0.05) is 24.3 Å². The van der Waals surface area contributed by atoms with E-state index in [0.29, 0.717) is 0 Å². The number of anilines is 2. The van der Waals surface area contributed by atoms with Gasteiger partial charge in [-0.2, -0.15) is 0 Å².